The predicted molar refractivity (Wildman–Crippen MR) is 89.6 cm³/mol. The summed E-state index contributed by atoms with van der Waals surface area (Å²) in [7, 11) is 0. The highest BCUT2D eigenvalue weighted by Gasteiger charge is 2.45. The van der Waals surface area contributed by atoms with Gasteiger partial charge in [-0.2, -0.15) is 0 Å². The molecule has 1 aromatic rings. The third-order valence-corrected chi connectivity index (χ3v) is 6.00. The Balaban J connectivity index is 1.66. The zero-order chi connectivity index (χ0) is 14.8. The Morgan fingerprint density at radius 1 is 1.00 bits per heavy atom. The average molecular weight is 286 g/mol. The van der Waals surface area contributed by atoms with Crippen LogP contribution in [0.1, 0.15) is 45.1 Å². The molecule has 0 spiro atoms. The number of nitrogens with one attached hydrogen (secondary N) is 2. The molecule has 0 amide bonds. The van der Waals surface area contributed by atoms with Gasteiger partial charge in [0, 0.05) is 18.5 Å². The van der Waals surface area contributed by atoms with E-state index in [1.165, 1.54) is 37.8 Å². The van der Waals surface area contributed by atoms with Crippen LogP contribution in [0.15, 0.2) is 30.3 Å². The maximum atomic E-state index is 3.85. The van der Waals surface area contributed by atoms with E-state index in [0.29, 0.717) is 10.8 Å². The highest BCUT2D eigenvalue weighted by molar-refractivity contribution is 5.27. The molecular formula is C19H30N2. The van der Waals surface area contributed by atoms with Gasteiger partial charge < -0.3 is 10.6 Å². The zero-order valence-electron chi connectivity index (χ0n) is 13.6. The molecule has 1 aliphatic heterocycles. The average Bonchev–Trinajstić information content (AvgIpc) is 3.30. The molecule has 1 aromatic carbocycles. The molecule has 2 heteroatoms. The van der Waals surface area contributed by atoms with Crippen LogP contribution in [0.4, 0.5) is 0 Å². The third kappa shape index (κ3) is 3.17. The highest BCUT2D eigenvalue weighted by Crippen LogP contribution is 2.51. The van der Waals surface area contributed by atoms with E-state index in [9.17, 15) is 0 Å². The lowest BCUT2D eigenvalue weighted by Crippen LogP contribution is -2.47. The van der Waals surface area contributed by atoms with Gasteiger partial charge in [-0.05, 0) is 55.7 Å². The van der Waals surface area contributed by atoms with Crippen molar-refractivity contribution in [2.45, 2.75) is 44.9 Å². The Hall–Kier alpha value is -0.860. The van der Waals surface area contributed by atoms with Crippen LogP contribution >= 0.6 is 0 Å². The normalized spacial score (nSPS) is 23.2. The second-order valence-corrected chi connectivity index (χ2v) is 7.52. The van der Waals surface area contributed by atoms with E-state index < -0.39 is 0 Å². The van der Waals surface area contributed by atoms with Crippen LogP contribution in [0, 0.1) is 11.3 Å². The minimum absolute atomic E-state index is 0.333. The standard InChI is InChI=1S/C19H30N2/c1-16(2)18(8-9-18)14-21-15-19(10-12-20-13-11-19)17-6-4-3-5-7-17/h3-7,16,20-21H,8-15H2,1-2H3. The van der Waals surface area contributed by atoms with E-state index >= 15 is 0 Å². The smallest absolute Gasteiger partial charge is 0.0102 e. The first kappa shape index (κ1) is 15.1. The Morgan fingerprint density at radius 2 is 1.67 bits per heavy atom. The van der Waals surface area contributed by atoms with Gasteiger partial charge in [-0.1, -0.05) is 44.2 Å². The molecule has 0 bridgehead atoms. The topological polar surface area (TPSA) is 24.1 Å². The van der Waals surface area contributed by atoms with Crippen molar-refractivity contribution >= 4 is 0 Å². The Bertz CT molecular complexity index is 442. The zero-order valence-corrected chi connectivity index (χ0v) is 13.6. The first-order chi connectivity index (χ1) is 10.2. The molecule has 21 heavy (non-hydrogen) atoms. The van der Waals surface area contributed by atoms with Crippen molar-refractivity contribution in [3.05, 3.63) is 35.9 Å². The highest BCUT2D eigenvalue weighted by atomic mass is 14.9. The summed E-state index contributed by atoms with van der Waals surface area (Å²) in [5.74, 6) is 0.811. The minimum atomic E-state index is 0.333. The van der Waals surface area contributed by atoms with E-state index in [2.05, 4.69) is 54.8 Å². The van der Waals surface area contributed by atoms with Gasteiger partial charge in [0.1, 0.15) is 0 Å². The molecular weight excluding hydrogens is 256 g/mol. The molecule has 2 fully saturated rings. The number of piperidine rings is 1. The van der Waals surface area contributed by atoms with Gasteiger partial charge in [0.15, 0.2) is 0 Å². The quantitative estimate of drug-likeness (QED) is 0.838. The summed E-state index contributed by atoms with van der Waals surface area (Å²) in [5.41, 5.74) is 2.46. The molecule has 2 aliphatic rings. The third-order valence-electron chi connectivity index (χ3n) is 6.00. The van der Waals surface area contributed by atoms with E-state index in [-0.39, 0.29) is 0 Å². The number of hydrogen-bond donors (Lipinski definition) is 2. The van der Waals surface area contributed by atoms with E-state index in [0.717, 1.165) is 25.6 Å². The van der Waals surface area contributed by atoms with E-state index in [1.54, 1.807) is 0 Å². The van der Waals surface area contributed by atoms with Gasteiger partial charge in [-0.3, -0.25) is 0 Å². The van der Waals surface area contributed by atoms with Crippen molar-refractivity contribution in [2.24, 2.45) is 11.3 Å². The van der Waals surface area contributed by atoms with Gasteiger partial charge in [0.2, 0.25) is 0 Å². The number of hydrogen-bond acceptors (Lipinski definition) is 2. The second-order valence-electron chi connectivity index (χ2n) is 7.52. The molecule has 1 saturated heterocycles. The molecule has 0 unspecified atom stereocenters. The van der Waals surface area contributed by atoms with E-state index in [4.69, 9.17) is 0 Å². The molecule has 2 nitrogen and oxygen atoms in total. The number of benzene rings is 1. The van der Waals surface area contributed by atoms with Crippen molar-refractivity contribution < 1.29 is 0 Å². The fourth-order valence-corrected chi connectivity index (χ4v) is 3.93. The molecule has 116 valence electrons. The van der Waals surface area contributed by atoms with Gasteiger partial charge in [0.05, 0.1) is 0 Å². The summed E-state index contributed by atoms with van der Waals surface area (Å²) >= 11 is 0. The SMILES string of the molecule is CC(C)C1(CNCC2(c3ccccc3)CCNCC2)CC1. The van der Waals surface area contributed by atoms with Crippen LogP contribution < -0.4 is 10.6 Å². The maximum absolute atomic E-state index is 3.85. The lowest BCUT2D eigenvalue weighted by molar-refractivity contribution is 0.268. The summed E-state index contributed by atoms with van der Waals surface area (Å²) in [6.45, 7) is 9.38. The molecule has 0 atom stereocenters. The molecule has 3 rings (SSSR count). The maximum Gasteiger partial charge on any atom is 0.0102 e. The van der Waals surface area contributed by atoms with Crippen LogP contribution in [-0.4, -0.2) is 26.2 Å². The van der Waals surface area contributed by atoms with Crippen LogP contribution in [0.25, 0.3) is 0 Å². The molecule has 1 heterocycles. The summed E-state index contributed by atoms with van der Waals surface area (Å²) in [5, 5.41) is 7.37. The molecule has 1 saturated carbocycles. The molecule has 1 aliphatic carbocycles. The minimum Gasteiger partial charge on any atom is -0.317 e. The molecule has 0 radical (unpaired) electrons. The van der Waals surface area contributed by atoms with Crippen LogP contribution in [-0.2, 0) is 5.41 Å². The largest absolute Gasteiger partial charge is 0.317 e. The Morgan fingerprint density at radius 3 is 2.24 bits per heavy atom. The second kappa shape index (κ2) is 6.10. The summed E-state index contributed by atoms with van der Waals surface area (Å²) < 4.78 is 0. The van der Waals surface area contributed by atoms with Crippen LogP contribution in [0.2, 0.25) is 0 Å². The van der Waals surface area contributed by atoms with Gasteiger partial charge >= 0.3 is 0 Å². The van der Waals surface area contributed by atoms with Crippen LogP contribution in [0.5, 0.6) is 0 Å². The monoisotopic (exact) mass is 286 g/mol. The van der Waals surface area contributed by atoms with Crippen molar-refractivity contribution in [3.8, 4) is 0 Å². The van der Waals surface area contributed by atoms with Crippen molar-refractivity contribution in [1.82, 2.24) is 10.6 Å². The summed E-state index contributed by atoms with van der Waals surface area (Å²) in [6, 6.07) is 11.2. The summed E-state index contributed by atoms with van der Waals surface area (Å²) in [6.07, 6.45) is 5.33. The fraction of sp³-hybridized carbons (Fsp3) is 0.684. The summed E-state index contributed by atoms with van der Waals surface area (Å²) in [4.78, 5) is 0. The van der Waals surface area contributed by atoms with Crippen LogP contribution in [0.3, 0.4) is 0 Å². The van der Waals surface area contributed by atoms with Crippen molar-refractivity contribution in [1.29, 1.82) is 0 Å². The van der Waals surface area contributed by atoms with Crippen molar-refractivity contribution in [3.63, 3.8) is 0 Å². The Labute approximate surface area is 129 Å². The fourth-order valence-electron chi connectivity index (χ4n) is 3.93. The van der Waals surface area contributed by atoms with Gasteiger partial charge in [0.25, 0.3) is 0 Å². The van der Waals surface area contributed by atoms with E-state index in [1.807, 2.05) is 0 Å². The lowest BCUT2D eigenvalue weighted by Gasteiger charge is -2.39. The molecule has 0 aromatic heterocycles. The first-order valence-corrected chi connectivity index (χ1v) is 8.64. The van der Waals surface area contributed by atoms with Crippen molar-refractivity contribution in [2.75, 3.05) is 26.2 Å². The van der Waals surface area contributed by atoms with Gasteiger partial charge in [-0.25, -0.2) is 0 Å². The number of rotatable bonds is 6. The first-order valence-electron chi connectivity index (χ1n) is 8.64. The predicted octanol–water partition coefficient (Wildman–Crippen LogP) is 3.33. The molecule has 2 N–H and O–H groups in total. The lowest BCUT2D eigenvalue weighted by atomic mass is 9.73. The Kier molecular flexibility index (Phi) is 4.37. The van der Waals surface area contributed by atoms with Gasteiger partial charge in [-0.15, -0.1) is 0 Å².